The summed E-state index contributed by atoms with van der Waals surface area (Å²) in [6.07, 6.45) is 17.2. The van der Waals surface area contributed by atoms with Crippen molar-refractivity contribution >= 4 is 26.0 Å². The van der Waals surface area contributed by atoms with E-state index in [1.165, 1.54) is 69.9 Å². The lowest BCUT2D eigenvalue weighted by Gasteiger charge is -2.28. The van der Waals surface area contributed by atoms with Gasteiger partial charge in [0, 0.05) is 12.8 Å². The van der Waals surface area contributed by atoms with Gasteiger partial charge in [-0.15, -0.1) is 0 Å². The van der Waals surface area contributed by atoms with Crippen LogP contribution in [-0.2, 0) is 37.5 Å². The highest BCUT2D eigenvalue weighted by Crippen LogP contribution is 2.38. The number of quaternary nitrogens is 1. The first kappa shape index (κ1) is 42.4. The zero-order chi connectivity index (χ0) is 33.1. The summed E-state index contributed by atoms with van der Waals surface area (Å²) in [4.78, 5) is 47.2. The highest BCUT2D eigenvalue weighted by Gasteiger charge is 2.22. The summed E-state index contributed by atoms with van der Waals surface area (Å²) in [5, 5.41) is 9.75. The van der Waals surface area contributed by atoms with Gasteiger partial charge in [0.2, 0.25) is 0 Å². The zero-order valence-corrected chi connectivity index (χ0v) is 28.6. The maximum atomic E-state index is 12.4. The first-order valence-corrected chi connectivity index (χ1v) is 17.9. The van der Waals surface area contributed by atoms with Crippen LogP contribution in [0.2, 0.25) is 0 Å². The molecule has 0 fully saturated rings. The van der Waals surface area contributed by atoms with E-state index in [4.69, 9.17) is 18.5 Å². The number of aliphatic hydroxyl groups is 1. The molecular formula is C32H60NO10P. The van der Waals surface area contributed by atoms with Crippen molar-refractivity contribution in [2.45, 2.75) is 128 Å². The van der Waals surface area contributed by atoms with E-state index in [1.807, 2.05) is 21.1 Å². The molecule has 0 aromatic rings. The third-order valence-electron chi connectivity index (χ3n) is 6.94. The number of aliphatic hydroxyl groups excluding tert-OH is 1. The number of ether oxygens (including phenoxy) is 2. The number of phosphoric ester groups is 1. The smallest absolute Gasteiger partial charge is 0.306 e. The summed E-state index contributed by atoms with van der Waals surface area (Å²) in [7, 11) is 0.992. The lowest BCUT2D eigenvalue weighted by atomic mass is 10.0. The van der Waals surface area contributed by atoms with Gasteiger partial charge in [-0.1, -0.05) is 90.0 Å². The molecule has 0 saturated heterocycles. The summed E-state index contributed by atoms with van der Waals surface area (Å²) in [5.74, 6) is -1.12. The predicted molar refractivity (Wildman–Crippen MR) is 169 cm³/mol. The lowest BCUT2D eigenvalue weighted by Crippen LogP contribution is -2.37. The van der Waals surface area contributed by atoms with E-state index in [1.54, 1.807) is 0 Å². The SMILES string of the molecule is CCCCCCCCCCCCCCCC(=O)OC[C@@H](COP(=O)([O-])OCC[N+](C)(C)C)OC(=O)CCCC(O)/C=C/C=O. The van der Waals surface area contributed by atoms with Gasteiger partial charge in [0.1, 0.15) is 26.0 Å². The van der Waals surface area contributed by atoms with Crippen LogP contribution in [0.5, 0.6) is 0 Å². The number of likely N-dealkylation sites (N-methyl/N-ethyl adjacent to an activating group) is 1. The molecule has 44 heavy (non-hydrogen) atoms. The van der Waals surface area contributed by atoms with Crippen LogP contribution in [0.15, 0.2) is 12.2 Å². The third-order valence-corrected chi connectivity index (χ3v) is 7.90. The van der Waals surface area contributed by atoms with E-state index in [0.717, 1.165) is 19.3 Å². The summed E-state index contributed by atoms with van der Waals surface area (Å²) in [5.41, 5.74) is 0. The molecule has 12 heteroatoms. The first-order valence-electron chi connectivity index (χ1n) is 16.4. The Morgan fingerprint density at radius 1 is 0.818 bits per heavy atom. The topological polar surface area (TPSA) is 148 Å². The molecule has 0 heterocycles. The van der Waals surface area contributed by atoms with Crippen LogP contribution in [0, 0.1) is 0 Å². The molecule has 1 N–H and O–H groups in total. The van der Waals surface area contributed by atoms with E-state index in [-0.39, 0.29) is 38.9 Å². The maximum Gasteiger partial charge on any atom is 0.306 e. The number of hydrogen-bond donors (Lipinski definition) is 1. The second-order valence-electron chi connectivity index (χ2n) is 12.4. The van der Waals surface area contributed by atoms with Gasteiger partial charge < -0.3 is 33.0 Å². The average Bonchev–Trinajstić information content (AvgIpc) is 2.95. The van der Waals surface area contributed by atoms with Gasteiger partial charge in [-0.05, 0) is 25.3 Å². The quantitative estimate of drug-likeness (QED) is 0.0267. The van der Waals surface area contributed by atoms with Crippen LogP contribution in [0.1, 0.15) is 116 Å². The molecule has 0 bridgehead atoms. The molecule has 0 aliphatic rings. The number of aldehydes is 1. The number of carbonyl (C=O) groups is 3. The van der Waals surface area contributed by atoms with Gasteiger partial charge >= 0.3 is 11.9 Å². The van der Waals surface area contributed by atoms with Gasteiger partial charge in [0.05, 0.1) is 33.9 Å². The molecule has 258 valence electrons. The van der Waals surface area contributed by atoms with Crippen molar-refractivity contribution in [2.75, 3.05) is 47.5 Å². The van der Waals surface area contributed by atoms with E-state index < -0.39 is 38.6 Å². The van der Waals surface area contributed by atoms with Gasteiger partial charge in [-0.25, -0.2) is 0 Å². The molecule has 0 aliphatic heterocycles. The zero-order valence-electron chi connectivity index (χ0n) is 27.8. The van der Waals surface area contributed by atoms with Crippen LogP contribution >= 0.6 is 7.82 Å². The lowest BCUT2D eigenvalue weighted by molar-refractivity contribution is -0.870. The predicted octanol–water partition coefficient (Wildman–Crippen LogP) is 5.42. The number of phosphoric acid groups is 1. The fourth-order valence-corrected chi connectivity index (χ4v) is 5.00. The number of carbonyl (C=O) groups excluding carboxylic acids is 3. The Morgan fingerprint density at radius 3 is 1.91 bits per heavy atom. The van der Waals surface area contributed by atoms with Crippen LogP contribution < -0.4 is 4.89 Å². The van der Waals surface area contributed by atoms with E-state index in [9.17, 15) is 28.9 Å². The van der Waals surface area contributed by atoms with Crippen molar-refractivity contribution in [3.8, 4) is 0 Å². The van der Waals surface area contributed by atoms with Crippen molar-refractivity contribution in [3.05, 3.63) is 12.2 Å². The Kier molecular flexibility index (Phi) is 25.6. The molecule has 2 unspecified atom stereocenters. The second-order valence-corrected chi connectivity index (χ2v) is 13.8. The van der Waals surface area contributed by atoms with E-state index in [0.29, 0.717) is 23.7 Å². The Balaban J connectivity index is 4.48. The maximum absolute atomic E-state index is 12.4. The fourth-order valence-electron chi connectivity index (χ4n) is 4.27. The molecule has 0 radical (unpaired) electrons. The summed E-state index contributed by atoms with van der Waals surface area (Å²) in [6, 6.07) is 0. The van der Waals surface area contributed by atoms with Crippen LogP contribution in [0.4, 0.5) is 0 Å². The summed E-state index contributed by atoms with van der Waals surface area (Å²) >= 11 is 0. The van der Waals surface area contributed by atoms with Crippen LogP contribution in [-0.4, -0.2) is 87.5 Å². The van der Waals surface area contributed by atoms with Gasteiger partial charge in [-0.3, -0.25) is 18.9 Å². The molecule has 0 aliphatic carbocycles. The highest BCUT2D eigenvalue weighted by atomic mass is 31.2. The van der Waals surface area contributed by atoms with Crippen molar-refractivity contribution in [3.63, 3.8) is 0 Å². The Labute approximate surface area is 265 Å². The van der Waals surface area contributed by atoms with Gasteiger partial charge in [0.25, 0.3) is 7.82 Å². The van der Waals surface area contributed by atoms with Crippen molar-refractivity contribution in [2.24, 2.45) is 0 Å². The average molecular weight is 650 g/mol. The molecule has 0 aromatic carbocycles. The minimum atomic E-state index is -4.67. The Bertz CT molecular complexity index is 830. The third kappa shape index (κ3) is 29.1. The molecule has 3 atom stereocenters. The van der Waals surface area contributed by atoms with Crippen molar-refractivity contribution in [1.82, 2.24) is 0 Å². The number of esters is 2. The monoisotopic (exact) mass is 649 g/mol. The standard InChI is InChI=1S/C32H60NO10P/c1-5-6-7-8-9-10-11-12-13-14-15-16-17-22-31(36)40-27-30(28-42-44(38,39)41-26-24-33(2,3)4)43-32(37)23-18-20-29(35)21-19-25-34/h19,21,25,29-30,35H,5-18,20,22-24,26-28H2,1-4H3/b21-19+/t29?,30-/m0/s1. The molecule has 0 spiro atoms. The van der Waals surface area contributed by atoms with Crippen molar-refractivity contribution < 1.29 is 52.0 Å². The van der Waals surface area contributed by atoms with Crippen LogP contribution in [0.3, 0.4) is 0 Å². The Hall–Kier alpha value is -1.62. The molecular weight excluding hydrogens is 589 g/mol. The van der Waals surface area contributed by atoms with Crippen molar-refractivity contribution in [1.29, 1.82) is 0 Å². The molecule has 0 saturated carbocycles. The second kappa shape index (κ2) is 26.6. The number of nitrogens with zero attached hydrogens (tertiary/aromatic N) is 1. The van der Waals surface area contributed by atoms with E-state index in [2.05, 4.69) is 6.92 Å². The molecule has 0 rings (SSSR count). The highest BCUT2D eigenvalue weighted by molar-refractivity contribution is 7.45. The summed E-state index contributed by atoms with van der Waals surface area (Å²) in [6.45, 7) is 1.67. The van der Waals surface area contributed by atoms with Crippen LogP contribution in [0.25, 0.3) is 0 Å². The minimum Gasteiger partial charge on any atom is -0.756 e. The molecule has 0 amide bonds. The number of rotatable bonds is 30. The first-order chi connectivity index (χ1) is 20.9. The normalized spacial score (nSPS) is 14.7. The van der Waals surface area contributed by atoms with E-state index >= 15 is 0 Å². The fraction of sp³-hybridized carbons (Fsp3) is 0.844. The van der Waals surface area contributed by atoms with Gasteiger partial charge in [-0.2, -0.15) is 0 Å². The van der Waals surface area contributed by atoms with Gasteiger partial charge in [0.15, 0.2) is 6.10 Å². The minimum absolute atomic E-state index is 0.0650. The number of hydrogen-bond acceptors (Lipinski definition) is 10. The number of allylic oxidation sites excluding steroid dienone is 1. The molecule has 0 aromatic heterocycles. The Morgan fingerprint density at radius 2 is 1.36 bits per heavy atom. The summed E-state index contributed by atoms with van der Waals surface area (Å²) < 4.78 is 33.1. The largest absolute Gasteiger partial charge is 0.756 e. The molecule has 11 nitrogen and oxygen atoms in total. The number of unbranched alkanes of at least 4 members (excludes halogenated alkanes) is 12.